The van der Waals surface area contributed by atoms with Gasteiger partial charge in [-0.15, -0.1) is 17.9 Å². The van der Waals surface area contributed by atoms with E-state index in [1.54, 1.807) is 18.2 Å². The lowest BCUT2D eigenvalue weighted by atomic mass is 10.2. The number of benzene rings is 1. The SMILES string of the molecule is C=CCN(CC(=O)Nc1cc2c(cc1Cl)OCCCO2)Cc1ccc(Cl)s1. The molecule has 5 nitrogen and oxygen atoms in total. The highest BCUT2D eigenvalue weighted by molar-refractivity contribution is 7.16. The normalized spacial score (nSPS) is 13.3. The lowest BCUT2D eigenvalue weighted by Crippen LogP contribution is -2.32. The standard InChI is InChI=1S/C19H20Cl2N2O3S/c1-2-6-23(11-13-4-5-18(21)27-13)12-19(24)22-15-10-17-16(9-14(15)20)25-7-3-8-26-17/h2,4-5,9-10H,1,3,6-8,11-12H2,(H,22,24). The zero-order chi connectivity index (χ0) is 19.2. The molecule has 1 amide bonds. The zero-order valence-electron chi connectivity index (χ0n) is 14.7. The summed E-state index contributed by atoms with van der Waals surface area (Å²) in [5, 5.41) is 3.27. The Kier molecular flexibility index (Phi) is 7.01. The molecule has 2 heterocycles. The topological polar surface area (TPSA) is 50.8 Å². The predicted molar refractivity (Wildman–Crippen MR) is 110 cm³/mol. The Morgan fingerprint density at radius 1 is 1.26 bits per heavy atom. The molecule has 0 saturated carbocycles. The summed E-state index contributed by atoms with van der Waals surface area (Å²) >= 11 is 13.8. The van der Waals surface area contributed by atoms with Crippen LogP contribution in [0, 0.1) is 0 Å². The molecule has 1 aliphatic rings. The van der Waals surface area contributed by atoms with Gasteiger partial charge in [-0.05, 0) is 12.1 Å². The van der Waals surface area contributed by atoms with Gasteiger partial charge in [0.1, 0.15) is 0 Å². The molecule has 144 valence electrons. The molecule has 0 unspecified atom stereocenters. The van der Waals surface area contributed by atoms with Gasteiger partial charge in [0.05, 0.1) is 34.8 Å². The molecule has 1 aromatic heterocycles. The Bertz CT molecular complexity index is 825. The first-order valence-electron chi connectivity index (χ1n) is 8.51. The van der Waals surface area contributed by atoms with E-state index in [0.29, 0.717) is 48.5 Å². The largest absolute Gasteiger partial charge is 0.490 e. The van der Waals surface area contributed by atoms with Gasteiger partial charge < -0.3 is 14.8 Å². The average Bonchev–Trinajstić information content (AvgIpc) is 2.88. The van der Waals surface area contributed by atoms with Crippen molar-refractivity contribution in [2.45, 2.75) is 13.0 Å². The third-order valence-corrected chi connectivity index (χ3v) is 5.40. The first-order valence-corrected chi connectivity index (χ1v) is 10.1. The first-order chi connectivity index (χ1) is 13.0. The van der Waals surface area contributed by atoms with E-state index in [1.807, 2.05) is 17.0 Å². The van der Waals surface area contributed by atoms with Crippen molar-refractivity contribution in [3.63, 3.8) is 0 Å². The number of rotatable bonds is 7. The van der Waals surface area contributed by atoms with Crippen LogP contribution < -0.4 is 14.8 Å². The molecule has 0 fully saturated rings. The van der Waals surface area contributed by atoms with Gasteiger partial charge in [0.2, 0.25) is 5.91 Å². The molecule has 8 heteroatoms. The minimum absolute atomic E-state index is 0.170. The fourth-order valence-corrected chi connectivity index (χ4v) is 4.03. The smallest absolute Gasteiger partial charge is 0.238 e. The summed E-state index contributed by atoms with van der Waals surface area (Å²) in [5.41, 5.74) is 0.503. The van der Waals surface area contributed by atoms with Gasteiger partial charge in [-0.3, -0.25) is 9.69 Å². The highest BCUT2D eigenvalue weighted by Crippen LogP contribution is 2.37. The van der Waals surface area contributed by atoms with Crippen LogP contribution in [-0.4, -0.2) is 37.1 Å². The van der Waals surface area contributed by atoms with Gasteiger partial charge in [0.25, 0.3) is 0 Å². The fraction of sp³-hybridized carbons (Fsp3) is 0.316. The number of hydrogen-bond donors (Lipinski definition) is 1. The molecule has 0 radical (unpaired) electrons. The number of ether oxygens (including phenoxy) is 2. The van der Waals surface area contributed by atoms with E-state index in [1.165, 1.54) is 11.3 Å². The molecule has 0 saturated heterocycles. The summed E-state index contributed by atoms with van der Waals surface area (Å²) in [4.78, 5) is 15.6. The summed E-state index contributed by atoms with van der Waals surface area (Å²) in [6, 6.07) is 7.19. The lowest BCUT2D eigenvalue weighted by molar-refractivity contribution is -0.117. The van der Waals surface area contributed by atoms with Crippen LogP contribution in [0.1, 0.15) is 11.3 Å². The van der Waals surface area contributed by atoms with Crippen LogP contribution >= 0.6 is 34.5 Å². The number of carbonyl (C=O) groups is 1. The molecule has 1 N–H and O–H groups in total. The second-order valence-electron chi connectivity index (χ2n) is 6.04. The number of hydrogen-bond acceptors (Lipinski definition) is 5. The zero-order valence-corrected chi connectivity index (χ0v) is 17.0. The van der Waals surface area contributed by atoms with E-state index in [4.69, 9.17) is 32.7 Å². The maximum absolute atomic E-state index is 12.5. The molecule has 1 aromatic carbocycles. The molecule has 27 heavy (non-hydrogen) atoms. The van der Waals surface area contributed by atoms with E-state index < -0.39 is 0 Å². The van der Waals surface area contributed by atoms with E-state index in [9.17, 15) is 4.79 Å². The molecular weight excluding hydrogens is 407 g/mol. The van der Waals surface area contributed by atoms with Crippen molar-refractivity contribution in [3.05, 3.63) is 51.2 Å². The van der Waals surface area contributed by atoms with Crippen molar-refractivity contribution < 1.29 is 14.3 Å². The number of halogens is 2. The maximum Gasteiger partial charge on any atom is 0.238 e. The number of thiophene rings is 1. The number of nitrogens with zero attached hydrogens (tertiary/aromatic N) is 1. The van der Waals surface area contributed by atoms with Crippen LogP contribution in [0.25, 0.3) is 0 Å². The number of fused-ring (bicyclic) bond motifs is 1. The van der Waals surface area contributed by atoms with Crippen LogP contribution in [0.5, 0.6) is 11.5 Å². The van der Waals surface area contributed by atoms with Gasteiger partial charge in [0, 0.05) is 36.5 Å². The molecular formula is C19H20Cl2N2O3S. The van der Waals surface area contributed by atoms with Crippen LogP contribution in [0.3, 0.4) is 0 Å². The van der Waals surface area contributed by atoms with Crippen LogP contribution in [0.4, 0.5) is 5.69 Å². The van der Waals surface area contributed by atoms with E-state index in [2.05, 4.69) is 11.9 Å². The quantitative estimate of drug-likeness (QED) is 0.643. The Morgan fingerprint density at radius 2 is 2.00 bits per heavy atom. The summed E-state index contributed by atoms with van der Waals surface area (Å²) in [6.07, 6.45) is 2.57. The summed E-state index contributed by atoms with van der Waals surface area (Å²) in [5.74, 6) is 1.01. The average molecular weight is 427 g/mol. The van der Waals surface area contributed by atoms with Gasteiger partial charge >= 0.3 is 0 Å². The van der Waals surface area contributed by atoms with Crippen LogP contribution in [-0.2, 0) is 11.3 Å². The van der Waals surface area contributed by atoms with Gasteiger partial charge in [-0.25, -0.2) is 0 Å². The Balaban J connectivity index is 1.66. The van der Waals surface area contributed by atoms with Crippen molar-refractivity contribution in [2.24, 2.45) is 0 Å². The molecule has 2 aromatic rings. The Labute approximate surface area is 172 Å². The van der Waals surface area contributed by atoms with Crippen LogP contribution in [0.15, 0.2) is 36.9 Å². The third kappa shape index (κ3) is 5.62. The van der Waals surface area contributed by atoms with Crippen molar-refractivity contribution in [1.82, 2.24) is 4.90 Å². The molecule has 0 spiro atoms. The van der Waals surface area contributed by atoms with Gasteiger partial charge in [0.15, 0.2) is 11.5 Å². The molecule has 0 atom stereocenters. The van der Waals surface area contributed by atoms with E-state index in [-0.39, 0.29) is 12.5 Å². The van der Waals surface area contributed by atoms with E-state index >= 15 is 0 Å². The van der Waals surface area contributed by atoms with Gasteiger partial charge in [-0.1, -0.05) is 29.3 Å². The molecule has 0 aliphatic carbocycles. The van der Waals surface area contributed by atoms with Crippen molar-refractivity contribution >= 4 is 46.1 Å². The number of anilines is 1. The maximum atomic E-state index is 12.5. The molecule has 0 bridgehead atoms. The van der Waals surface area contributed by atoms with Crippen molar-refractivity contribution in [3.8, 4) is 11.5 Å². The van der Waals surface area contributed by atoms with Crippen molar-refractivity contribution in [2.75, 3.05) is 31.6 Å². The minimum Gasteiger partial charge on any atom is -0.490 e. The lowest BCUT2D eigenvalue weighted by Gasteiger charge is -2.20. The molecule has 3 rings (SSSR count). The van der Waals surface area contributed by atoms with Gasteiger partial charge in [-0.2, -0.15) is 0 Å². The second-order valence-corrected chi connectivity index (χ2v) is 8.25. The Morgan fingerprint density at radius 3 is 2.67 bits per heavy atom. The van der Waals surface area contributed by atoms with Crippen LogP contribution in [0.2, 0.25) is 9.36 Å². The number of carbonyl (C=O) groups excluding carboxylic acids is 1. The first kappa shape index (κ1) is 20.0. The summed E-state index contributed by atoms with van der Waals surface area (Å²) < 4.78 is 12.0. The fourth-order valence-electron chi connectivity index (χ4n) is 2.70. The summed E-state index contributed by atoms with van der Waals surface area (Å²) in [7, 11) is 0. The predicted octanol–water partition coefficient (Wildman–Crippen LogP) is 4.84. The molecule has 1 aliphatic heterocycles. The number of nitrogens with one attached hydrogen (secondary N) is 1. The summed E-state index contributed by atoms with van der Waals surface area (Å²) in [6.45, 7) is 6.31. The van der Waals surface area contributed by atoms with Crippen molar-refractivity contribution in [1.29, 1.82) is 0 Å². The third-order valence-electron chi connectivity index (χ3n) is 3.87. The van der Waals surface area contributed by atoms with E-state index in [0.717, 1.165) is 15.6 Å². The minimum atomic E-state index is -0.170. The highest BCUT2D eigenvalue weighted by atomic mass is 35.5. The second kappa shape index (κ2) is 9.46. The highest BCUT2D eigenvalue weighted by Gasteiger charge is 2.17. The Hall–Kier alpha value is -1.73. The monoisotopic (exact) mass is 426 g/mol. The number of amides is 1.